The standard InChI is InChI=1S/C28H31N3O5S.H2/c1-3-21-6-5-17-31(21)37(34,35)22-12-9-19(10-13-22)23-7-4-8-26(29-23)30-27(33)28(15-16-28)20-11-14-25(36-2)24(32)18-20;/h4,7-14,18,21,32H,3,5-6,15-17H2,1-2H3,(H,29,30,33);1H/t21-;/m0./s1. The van der Waals surface area contributed by atoms with Crippen molar-refractivity contribution >= 4 is 21.7 Å². The van der Waals surface area contributed by atoms with Crippen LogP contribution in [-0.4, -0.2) is 48.4 Å². The number of pyridine rings is 1. The molecule has 1 saturated carbocycles. The molecule has 0 spiro atoms. The Morgan fingerprint density at radius 1 is 1.19 bits per heavy atom. The first-order chi connectivity index (χ1) is 17.8. The third kappa shape index (κ3) is 4.69. The summed E-state index contributed by atoms with van der Waals surface area (Å²) in [6.45, 7) is 2.58. The summed E-state index contributed by atoms with van der Waals surface area (Å²) >= 11 is 0. The van der Waals surface area contributed by atoms with Gasteiger partial charge in [0, 0.05) is 19.6 Å². The Kier molecular flexibility index (Phi) is 6.68. The van der Waals surface area contributed by atoms with E-state index in [4.69, 9.17) is 4.74 Å². The molecule has 5 rings (SSSR count). The lowest BCUT2D eigenvalue weighted by atomic mass is 9.94. The molecule has 3 aromatic rings. The lowest BCUT2D eigenvalue weighted by Gasteiger charge is -2.23. The molecule has 2 fully saturated rings. The van der Waals surface area contributed by atoms with Crippen molar-refractivity contribution in [2.24, 2.45) is 0 Å². The Morgan fingerprint density at radius 3 is 2.59 bits per heavy atom. The predicted molar refractivity (Wildman–Crippen MR) is 143 cm³/mol. The highest BCUT2D eigenvalue weighted by Crippen LogP contribution is 2.50. The van der Waals surface area contributed by atoms with Crippen molar-refractivity contribution in [1.82, 2.24) is 9.29 Å². The van der Waals surface area contributed by atoms with Gasteiger partial charge in [0.1, 0.15) is 5.82 Å². The Hall–Kier alpha value is -3.43. The molecule has 1 aliphatic heterocycles. The summed E-state index contributed by atoms with van der Waals surface area (Å²) in [4.78, 5) is 18.1. The highest BCUT2D eigenvalue weighted by molar-refractivity contribution is 7.89. The Bertz CT molecular complexity index is 1420. The van der Waals surface area contributed by atoms with Gasteiger partial charge in [0.15, 0.2) is 11.5 Å². The molecule has 1 atom stereocenters. The number of hydrogen-bond donors (Lipinski definition) is 2. The zero-order chi connectivity index (χ0) is 26.2. The average Bonchev–Trinajstić information content (AvgIpc) is 3.58. The van der Waals surface area contributed by atoms with Crippen LogP contribution in [0, 0.1) is 0 Å². The van der Waals surface area contributed by atoms with Gasteiger partial charge in [-0.25, -0.2) is 13.4 Å². The van der Waals surface area contributed by atoms with Crippen LogP contribution in [-0.2, 0) is 20.2 Å². The van der Waals surface area contributed by atoms with Crippen molar-refractivity contribution < 1.29 is 24.5 Å². The van der Waals surface area contributed by atoms with Crippen molar-refractivity contribution in [3.05, 3.63) is 66.2 Å². The van der Waals surface area contributed by atoms with Gasteiger partial charge in [-0.2, -0.15) is 4.31 Å². The minimum Gasteiger partial charge on any atom is -0.504 e. The van der Waals surface area contributed by atoms with Crippen LogP contribution in [0.5, 0.6) is 11.5 Å². The summed E-state index contributed by atoms with van der Waals surface area (Å²) in [5, 5.41) is 13.1. The van der Waals surface area contributed by atoms with E-state index in [1.807, 2.05) is 13.0 Å². The number of carbonyl (C=O) groups excluding carboxylic acids is 1. The molecule has 1 amide bonds. The minimum atomic E-state index is -3.54. The van der Waals surface area contributed by atoms with E-state index in [9.17, 15) is 18.3 Å². The number of aromatic nitrogens is 1. The van der Waals surface area contributed by atoms with Crippen LogP contribution >= 0.6 is 0 Å². The maximum atomic E-state index is 13.2. The van der Waals surface area contributed by atoms with E-state index in [2.05, 4.69) is 10.3 Å². The molecule has 1 aliphatic carbocycles. The largest absolute Gasteiger partial charge is 0.504 e. The molecular formula is C28H33N3O5S. The predicted octanol–water partition coefficient (Wildman–Crippen LogP) is 4.94. The van der Waals surface area contributed by atoms with E-state index < -0.39 is 15.4 Å². The summed E-state index contributed by atoms with van der Waals surface area (Å²) in [6, 6.07) is 17.2. The highest BCUT2D eigenvalue weighted by Gasteiger charge is 2.51. The number of nitrogens with one attached hydrogen (secondary N) is 1. The SMILES string of the molecule is CC[C@H]1CCCN1S(=O)(=O)c1ccc(-c2cccc(NC(=O)C3(c4ccc(OC)c(O)c4)CC3)n2)cc1.[HH]. The Labute approximate surface area is 218 Å². The average molecular weight is 524 g/mol. The van der Waals surface area contributed by atoms with E-state index in [-0.39, 0.29) is 24.0 Å². The molecule has 2 aliphatic rings. The van der Waals surface area contributed by atoms with Crippen LogP contribution in [0.2, 0.25) is 0 Å². The van der Waals surface area contributed by atoms with Gasteiger partial charge < -0.3 is 15.2 Å². The second-order valence-corrected chi connectivity index (χ2v) is 11.6. The normalized spacial score (nSPS) is 18.9. The fourth-order valence-corrected chi connectivity index (χ4v) is 6.89. The number of phenolic OH excluding ortho intramolecular Hbond substituents is 1. The first-order valence-corrected chi connectivity index (χ1v) is 14.0. The topological polar surface area (TPSA) is 109 Å². The molecule has 0 radical (unpaired) electrons. The second kappa shape index (κ2) is 9.79. The molecule has 37 heavy (non-hydrogen) atoms. The van der Waals surface area contributed by atoms with Crippen molar-refractivity contribution in [3.63, 3.8) is 0 Å². The van der Waals surface area contributed by atoms with Crippen LogP contribution in [0.15, 0.2) is 65.6 Å². The summed E-state index contributed by atoms with van der Waals surface area (Å²) in [5.74, 6) is 0.587. The first-order valence-electron chi connectivity index (χ1n) is 12.6. The fraction of sp³-hybridized carbons (Fsp3) is 0.357. The van der Waals surface area contributed by atoms with E-state index in [0.717, 1.165) is 30.4 Å². The van der Waals surface area contributed by atoms with Gasteiger partial charge in [-0.15, -0.1) is 0 Å². The Morgan fingerprint density at radius 2 is 1.95 bits per heavy atom. The maximum Gasteiger partial charge on any atom is 0.243 e. The molecule has 2 aromatic carbocycles. The smallest absolute Gasteiger partial charge is 0.243 e. The summed E-state index contributed by atoms with van der Waals surface area (Å²) < 4.78 is 33.0. The number of anilines is 1. The zero-order valence-corrected chi connectivity index (χ0v) is 21.8. The number of rotatable bonds is 8. The minimum absolute atomic E-state index is 0. The van der Waals surface area contributed by atoms with Crippen LogP contribution in [0.4, 0.5) is 5.82 Å². The quantitative estimate of drug-likeness (QED) is 0.433. The molecule has 1 saturated heterocycles. The summed E-state index contributed by atoms with van der Waals surface area (Å²) in [7, 11) is -2.06. The second-order valence-electron chi connectivity index (χ2n) is 9.68. The number of ether oxygens (including phenoxy) is 1. The third-order valence-corrected chi connectivity index (χ3v) is 9.42. The molecule has 0 bridgehead atoms. The third-order valence-electron chi connectivity index (χ3n) is 7.46. The number of carbonyl (C=O) groups is 1. The van der Waals surface area contributed by atoms with E-state index in [1.54, 1.807) is 58.9 Å². The van der Waals surface area contributed by atoms with Crippen LogP contribution in [0.1, 0.15) is 46.0 Å². The number of hydrogen-bond acceptors (Lipinski definition) is 6. The summed E-state index contributed by atoms with van der Waals surface area (Å²) in [5.41, 5.74) is 1.41. The maximum absolute atomic E-state index is 13.2. The summed E-state index contributed by atoms with van der Waals surface area (Å²) in [6.07, 6.45) is 3.95. The number of nitrogens with zero attached hydrogens (tertiary/aromatic N) is 2. The van der Waals surface area contributed by atoms with Crippen LogP contribution in [0.3, 0.4) is 0 Å². The number of methoxy groups -OCH3 is 1. The fourth-order valence-electron chi connectivity index (χ4n) is 5.13. The van der Waals surface area contributed by atoms with Gasteiger partial charge in [-0.1, -0.05) is 31.2 Å². The van der Waals surface area contributed by atoms with Crippen molar-refractivity contribution in [2.75, 3.05) is 19.0 Å². The number of aromatic hydroxyl groups is 1. The van der Waals surface area contributed by atoms with Gasteiger partial charge in [0.25, 0.3) is 0 Å². The zero-order valence-electron chi connectivity index (χ0n) is 21.0. The van der Waals surface area contributed by atoms with E-state index >= 15 is 0 Å². The number of phenols is 1. The molecule has 2 heterocycles. The molecule has 0 unspecified atom stereocenters. The lowest BCUT2D eigenvalue weighted by Crippen LogP contribution is -2.35. The van der Waals surface area contributed by atoms with Crippen LogP contribution < -0.4 is 10.1 Å². The molecule has 1 aromatic heterocycles. The number of amides is 1. The Balaban J connectivity index is 0.00000336. The van der Waals surface area contributed by atoms with E-state index in [1.165, 1.54) is 7.11 Å². The van der Waals surface area contributed by atoms with Gasteiger partial charge >= 0.3 is 0 Å². The molecular weight excluding hydrogens is 490 g/mol. The van der Waals surface area contributed by atoms with Gasteiger partial charge in [-0.05, 0) is 74.1 Å². The monoisotopic (exact) mass is 523 g/mol. The van der Waals surface area contributed by atoms with E-state index in [0.29, 0.717) is 36.6 Å². The number of benzene rings is 2. The van der Waals surface area contributed by atoms with Crippen molar-refractivity contribution in [2.45, 2.75) is 55.4 Å². The van der Waals surface area contributed by atoms with Gasteiger partial charge in [0.05, 0.1) is 23.1 Å². The van der Waals surface area contributed by atoms with Gasteiger partial charge in [-0.3, -0.25) is 4.79 Å². The molecule has 9 heteroatoms. The van der Waals surface area contributed by atoms with Crippen LogP contribution in [0.25, 0.3) is 11.3 Å². The number of sulfonamides is 1. The first kappa shape index (κ1) is 25.2. The molecule has 196 valence electrons. The molecule has 2 N–H and O–H groups in total. The van der Waals surface area contributed by atoms with Gasteiger partial charge in [0.2, 0.25) is 15.9 Å². The molecule has 8 nitrogen and oxygen atoms in total. The lowest BCUT2D eigenvalue weighted by molar-refractivity contribution is -0.118. The van der Waals surface area contributed by atoms with Crippen molar-refractivity contribution in [1.29, 1.82) is 0 Å². The van der Waals surface area contributed by atoms with Crippen molar-refractivity contribution in [3.8, 4) is 22.8 Å². The highest BCUT2D eigenvalue weighted by atomic mass is 32.2.